The SMILES string of the molecule is CCOP(=O)(C=C(C)C(=O)O)CC. The fourth-order valence-corrected chi connectivity index (χ4v) is 2.37. The highest BCUT2D eigenvalue weighted by atomic mass is 31.2. The average molecular weight is 206 g/mol. The lowest BCUT2D eigenvalue weighted by atomic mass is 10.4. The van der Waals surface area contributed by atoms with Crippen molar-refractivity contribution in [3.63, 3.8) is 0 Å². The van der Waals surface area contributed by atoms with Crippen LogP contribution in [0.4, 0.5) is 0 Å². The Morgan fingerprint density at radius 1 is 1.54 bits per heavy atom. The molecule has 0 rings (SSSR count). The standard InChI is InChI=1S/C8H15O4P/c1-4-12-13(11,5-2)6-7(3)8(9)10/h6H,4-5H2,1-3H3,(H,9,10). The van der Waals surface area contributed by atoms with Gasteiger partial charge in [0.1, 0.15) is 0 Å². The van der Waals surface area contributed by atoms with Crippen LogP contribution < -0.4 is 0 Å². The van der Waals surface area contributed by atoms with Crippen molar-refractivity contribution >= 4 is 13.3 Å². The Bertz CT molecular complexity index is 257. The van der Waals surface area contributed by atoms with Crippen molar-refractivity contribution in [3.05, 3.63) is 11.4 Å². The topological polar surface area (TPSA) is 63.6 Å². The molecule has 0 fully saturated rings. The van der Waals surface area contributed by atoms with Gasteiger partial charge in [0.05, 0.1) is 6.61 Å². The molecule has 13 heavy (non-hydrogen) atoms. The molecular weight excluding hydrogens is 191 g/mol. The summed E-state index contributed by atoms with van der Waals surface area (Å²) in [6.07, 6.45) is 0.325. The Balaban J connectivity index is 4.70. The van der Waals surface area contributed by atoms with Gasteiger partial charge < -0.3 is 9.63 Å². The second-order valence-electron chi connectivity index (χ2n) is 2.58. The summed E-state index contributed by atoms with van der Waals surface area (Å²) < 4.78 is 16.8. The highest BCUT2D eigenvalue weighted by Crippen LogP contribution is 2.48. The second-order valence-corrected chi connectivity index (χ2v) is 5.18. The van der Waals surface area contributed by atoms with Crippen molar-refractivity contribution in [3.8, 4) is 0 Å². The van der Waals surface area contributed by atoms with Crippen molar-refractivity contribution in [2.75, 3.05) is 12.8 Å². The van der Waals surface area contributed by atoms with Crippen LogP contribution in [0.2, 0.25) is 0 Å². The zero-order valence-corrected chi connectivity index (χ0v) is 9.01. The molecular formula is C8H15O4P. The van der Waals surface area contributed by atoms with Crippen molar-refractivity contribution in [1.82, 2.24) is 0 Å². The lowest BCUT2D eigenvalue weighted by molar-refractivity contribution is -0.132. The first-order chi connectivity index (χ1) is 5.95. The summed E-state index contributed by atoms with van der Waals surface area (Å²) in [5.41, 5.74) is 0.0682. The number of rotatable bonds is 5. The first-order valence-corrected chi connectivity index (χ1v) is 5.99. The molecule has 76 valence electrons. The summed E-state index contributed by atoms with van der Waals surface area (Å²) in [6, 6.07) is 0. The van der Waals surface area contributed by atoms with Gasteiger partial charge in [-0.1, -0.05) is 6.92 Å². The quantitative estimate of drug-likeness (QED) is 0.553. The fraction of sp³-hybridized carbons (Fsp3) is 0.625. The van der Waals surface area contributed by atoms with E-state index in [0.29, 0.717) is 12.8 Å². The molecule has 0 bridgehead atoms. The van der Waals surface area contributed by atoms with Crippen LogP contribution in [0.3, 0.4) is 0 Å². The van der Waals surface area contributed by atoms with Gasteiger partial charge in [-0.3, -0.25) is 4.57 Å². The zero-order chi connectivity index (χ0) is 10.5. The highest BCUT2D eigenvalue weighted by molar-refractivity contribution is 7.62. The predicted octanol–water partition coefficient (Wildman–Crippen LogP) is 2.31. The molecule has 0 aromatic carbocycles. The van der Waals surface area contributed by atoms with Crippen LogP contribution in [-0.2, 0) is 13.9 Å². The van der Waals surface area contributed by atoms with Gasteiger partial charge in [-0.15, -0.1) is 0 Å². The van der Waals surface area contributed by atoms with E-state index in [1.165, 1.54) is 12.7 Å². The summed E-state index contributed by atoms with van der Waals surface area (Å²) in [7, 11) is -2.85. The van der Waals surface area contributed by atoms with Gasteiger partial charge in [-0.2, -0.15) is 0 Å². The van der Waals surface area contributed by atoms with E-state index in [1.807, 2.05) is 0 Å². The van der Waals surface area contributed by atoms with Gasteiger partial charge in [0, 0.05) is 17.6 Å². The van der Waals surface area contributed by atoms with Gasteiger partial charge in [-0.05, 0) is 13.8 Å². The largest absolute Gasteiger partial charge is 0.478 e. The van der Waals surface area contributed by atoms with Crippen molar-refractivity contribution in [1.29, 1.82) is 0 Å². The van der Waals surface area contributed by atoms with Crippen LogP contribution in [0.5, 0.6) is 0 Å². The molecule has 0 aliphatic carbocycles. The van der Waals surface area contributed by atoms with E-state index < -0.39 is 13.3 Å². The van der Waals surface area contributed by atoms with Crippen LogP contribution in [0.25, 0.3) is 0 Å². The molecule has 4 nitrogen and oxygen atoms in total. The van der Waals surface area contributed by atoms with E-state index in [4.69, 9.17) is 9.63 Å². The smallest absolute Gasteiger partial charge is 0.331 e. The van der Waals surface area contributed by atoms with Gasteiger partial charge in [-0.25, -0.2) is 4.79 Å². The Morgan fingerprint density at radius 3 is 2.38 bits per heavy atom. The van der Waals surface area contributed by atoms with E-state index in [0.717, 1.165) is 0 Å². The third-order valence-electron chi connectivity index (χ3n) is 1.52. The van der Waals surface area contributed by atoms with Crippen molar-refractivity contribution in [2.45, 2.75) is 20.8 Å². The van der Waals surface area contributed by atoms with E-state index in [-0.39, 0.29) is 5.57 Å². The Hall–Kier alpha value is -0.600. The van der Waals surface area contributed by atoms with Crippen LogP contribution in [0.15, 0.2) is 11.4 Å². The maximum absolute atomic E-state index is 11.7. The van der Waals surface area contributed by atoms with Crippen LogP contribution in [0, 0.1) is 0 Å². The maximum atomic E-state index is 11.7. The molecule has 0 amide bonds. The van der Waals surface area contributed by atoms with E-state index in [2.05, 4.69) is 0 Å². The van der Waals surface area contributed by atoms with E-state index in [9.17, 15) is 9.36 Å². The number of carbonyl (C=O) groups is 1. The lowest BCUT2D eigenvalue weighted by Gasteiger charge is -2.11. The molecule has 0 aliphatic heterocycles. The van der Waals surface area contributed by atoms with Crippen molar-refractivity contribution < 1.29 is 19.0 Å². The van der Waals surface area contributed by atoms with Crippen LogP contribution in [0.1, 0.15) is 20.8 Å². The molecule has 1 atom stereocenters. The third kappa shape index (κ3) is 4.25. The lowest BCUT2D eigenvalue weighted by Crippen LogP contribution is -1.98. The molecule has 5 heteroatoms. The number of hydrogen-bond acceptors (Lipinski definition) is 3. The Kier molecular flexibility index (Phi) is 4.96. The van der Waals surface area contributed by atoms with Crippen LogP contribution in [-0.4, -0.2) is 23.8 Å². The summed E-state index contributed by atoms with van der Waals surface area (Å²) in [6.45, 7) is 5.17. The van der Waals surface area contributed by atoms with Gasteiger partial charge in [0.15, 0.2) is 0 Å². The van der Waals surface area contributed by atoms with Crippen molar-refractivity contribution in [2.24, 2.45) is 0 Å². The second kappa shape index (κ2) is 5.20. The first kappa shape index (κ1) is 12.4. The highest BCUT2D eigenvalue weighted by Gasteiger charge is 2.18. The molecule has 1 unspecified atom stereocenters. The van der Waals surface area contributed by atoms with Crippen LogP contribution >= 0.6 is 7.37 Å². The van der Waals surface area contributed by atoms with Gasteiger partial charge >= 0.3 is 5.97 Å². The summed E-state index contributed by atoms with van der Waals surface area (Å²) in [4.78, 5) is 10.5. The molecule has 0 spiro atoms. The molecule has 0 saturated carbocycles. The minimum atomic E-state index is -2.85. The Morgan fingerprint density at radius 2 is 2.08 bits per heavy atom. The number of hydrogen-bond donors (Lipinski definition) is 1. The molecule has 1 N–H and O–H groups in total. The molecule has 0 aromatic heterocycles. The monoisotopic (exact) mass is 206 g/mol. The zero-order valence-electron chi connectivity index (χ0n) is 8.11. The van der Waals surface area contributed by atoms with E-state index >= 15 is 0 Å². The molecule has 0 heterocycles. The number of carboxylic acid groups (broad SMARTS) is 1. The minimum Gasteiger partial charge on any atom is -0.478 e. The molecule has 0 saturated heterocycles. The van der Waals surface area contributed by atoms with E-state index in [1.54, 1.807) is 13.8 Å². The third-order valence-corrected chi connectivity index (χ3v) is 3.87. The van der Waals surface area contributed by atoms with Gasteiger partial charge in [0.25, 0.3) is 0 Å². The minimum absolute atomic E-state index is 0.0682. The first-order valence-electron chi connectivity index (χ1n) is 4.11. The molecule has 0 aromatic rings. The molecule has 0 radical (unpaired) electrons. The summed E-state index contributed by atoms with van der Waals surface area (Å²) in [5.74, 6) is 0.159. The van der Waals surface area contributed by atoms with Gasteiger partial charge in [0.2, 0.25) is 7.37 Å². The average Bonchev–Trinajstić information content (AvgIpc) is 2.04. The normalized spacial score (nSPS) is 16.7. The fourth-order valence-electron chi connectivity index (χ4n) is 0.789. The Labute approximate surface area is 78.0 Å². The molecule has 0 aliphatic rings. The number of aliphatic carboxylic acids is 1. The summed E-state index contributed by atoms with van der Waals surface area (Å²) in [5, 5.41) is 8.56. The maximum Gasteiger partial charge on any atom is 0.331 e. The summed E-state index contributed by atoms with van der Waals surface area (Å²) >= 11 is 0. The number of carboxylic acids is 1. The predicted molar refractivity (Wildman–Crippen MR) is 51.2 cm³/mol.